The van der Waals surface area contributed by atoms with Crippen molar-refractivity contribution < 1.29 is 17.9 Å². The Morgan fingerprint density at radius 2 is 1.94 bits per heavy atom. The van der Waals surface area contributed by atoms with E-state index in [9.17, 15) is 13.2 Å². The Bertz CT molecular complexity index is 1040. The fourth-order valence-electron chi connectivity index (χ4n) is 3.79. The lowest BCUT2D eigenvalue weighted by Crippen LogP contribution is -2.40. The van der Waals surface area contributed by atoms with Gasteiger partial charge in [0.05, 0.1) is 17.6 Å². The summed E-state index contributed by atoms with van der Waals surface area (Å²) in [7, 11) is -3.64. The zero-order valence-electron chi connectivity index (χ0n) is 19.1. The van der Waals surface area contributed by atoms with E-state index in [1.807, 2.05) is 25.1 Å². The zero-order valence-corrected chi connectivity index (χ0v) is 19.9. The molecule has 0 aliphatic carbocycles. The summed E-state index contributed by atoms with van der Waals surface area (Å²) in [5.41, 5.74) is 3.78. The van der Waals surface area contributed by atoms with E-state index in [0.717, 1.165) is 37.4 Å². The number of nitrogens with zero attached hydrogens (tertiary/aromatic N) is 1. The average Bonchev–Trinajstić information content (AvgIpc) is 2.74. The number of sulfonamides is 1. The zero-order chi connectivity index (χ0) is 23.1. The molecule has 1 aliphatic rings. The minimum absolute atomic E-state index is 0.0524. The van der Waals surface area contributed by atoms with E-state index >= 15 is 0 Å². The molecule has 1 unspecified atom stereocenters. The number of hydrogen-bond donors (Lipinski definition) is 2. The topological polar surface area (TPSA) is 87.7 Å². The maximum Gasteiger partial charge on any atom is 0.240 e. The molecule has 1 aliphatic heterocycles. The number of morpholine rings is 1. The van der Waals surface area contributed by atoms with Crippen molar-refractivity contribution in [3.63, 3.8) is 0 Å². The fourth-order valence-corrected chi connectivity index (χ4v) is 5.15. The summed E-state index contributed by atoms with van der Waals surface area (Å²) in [4.78, 5) is 14.9. The highest BCUT2D eigenvalue weighted by molar-refractivity contribution is 7.89. The summed E-state index contributed by atoms with van der Waals surface area (Å²) in [6, 6.07) is 13.5. The molecule has 8 heteroatoms. The van der Waals surface area contributed by atoms with Crippen LogP contribution in [0.2, 0.25) is 0 Å². The number of ether oxygens (including phenoxy) is 1. The lowest BCUT2D eigenvalue weighted by Gasteiger charge is -2.31. The molecule has 1 saturated heterocycles. The largest absolute Gasteiger partial charge is 0.376 e. The number of nitrogens with one attached hydrogen (secondary N) is 2. The normalized spacial score (nSPS) is 17.3. The molecule has 7 nitrogen and oxygen atoms in total. The SMILES string of the molecule is Cc1ccc(C)c(S(=O)(=O)NCCC(=O)NCc2cccc(CN3CCOC(C)C3)c2)c1. The number of benzene rings is 2. The molecule has 1 amide bonds. The van der Waals surface area contributed by atoms with Gasteiger partial charge < -0.3 is 10.1 Å². The van der Waals surface area contributed by atoms with Gasteiger partial charge in [-0.05, 0) is 49.1 Å². The van der Waals surface area contributed by atoms with E-state index < -0.39 is 10.0 Å². The Kier molecular flexibility index (Phi) is 8.42. The van der Waals surface area contributed by atoms with E-state index in [1.165, 1.54) is 5.56 Å². The van der Waals surface area contributed by atoms with Gasteiger partial charge in [-0.2, -0.15) is 0 Å². The summed E-state index contributed by atoms with van der Waals surface area (Å²) < 4.78 is 33.2. The van der Waals surface area contributed by atoms with Gasteiger partial charge in [-0.3, -0.25) is 9.69 Å². The predicted octanol–water partition coefficient (Wildman–Crippen LogP) is 2.51. The second-order valence-corrected chi connectivity index (χ2v) is 10.2. The fraction of sp³-hybridized carbons (Fsp3) is 0.458. The van der Waals surface area contributed by atoms with Crippen LogP contribution in [0.5, 0.6) is 0 Å². The molecule has 32 heavy (non-hydrogen) atoms. The minimum atomic E-state index is -3.64. The first-order valence-electron chi connectivity index (χ1n) is 11.0. The molecule has 3 rings (SSSR count). The molecule has 2 N–H and O–H groups in total. The molecule has 174 valence electrons. The van der Waals surface area contributed by atoms with Crippen LogP contribution >= 0.6 is 0 Å². The Morgan fingerprint density at radius 3 is 2.72 bits per heavy atom. The van der Waals surface area contributed by atoms with Gasteiger partial charge in [0.1, 0.15) is 0 Å². The van der Waals surface area contributed by atoms with Crippen molar-refractivity contribution in [2.24, 2.45) is 0 Å². The smallest absolute Gasteiger partial charge is 0.240 e. The number of carbonyl (C=O) groups is 1. The number of aryl methyl sites for hydroxylation is 2. The second kappa shape index (κ2) is 11.0. The molecular weight excluding hydrogens is 426 g/mol. The molecule has 0 radical (unpaired) electrons. The summed E-state index contributed by atoms with van der Waals surface area (Å²) >= 11 is 0. The highest BCUT2D eigenvalue weighted by atomic mass is 32.2. The predicted molar refractivity (Wildman–Crippen MR) is 125 cm³/mol. The average molecular weight is 460 g/mol. The summed E-state index contributed by atoms with van der Waals surface area (Å²) in [5, 5.41) is 2.88. The van der Waals surface area contributed by atoms with E-state index in [-0.39, 0.29) is 29.9 Å². The van der Waals surface area contributed by atoms with Crippen LogP contribution in [0.15, 0.2) is 47.4 Å². The Labute approximate surface area is 191 Å². The number of rotatable bonds is 9. The highest BCUT2D eigenvalue weighted by Crippen LogP contribution is 2.16. The third-order valence-corrected chi connectivity index (χ3v) is 7.09. The van der Waals surface area contributed by atoms with Gasteiger partial charge in [-0.1, -0.05) is 36.4 Å². The number of amides is 1. The van der Waals surface area contributed by atoms with Gasteiger partial charge in [0.2, 0.25) is 15.9 Å². The number of carbonyl (C=O) groups excluding carboxylic acids is 1. The Morgan fingerprint density at radius 1 is 1.16 bits per heavy atom. The molecule has 1 atom stereocenters. The van der Waals surface area contributed by atoms with Crippen molar-refractivity contribution in [2.75, 3.05) is 26.2 Å². The summed E-state index contributed by atoms with van der Waals surface area (Å²) in [5.74, 6) is -0.193. The monoisotopic (exact) mass is 459 g/mol. The van der Waals surface area contributed by atoms with Crippen LogP contribution in [-0.4, -0.2) is 51.6 Å². The highest BCUT2D eigenvalue weighted by Gasteiger charge is 2.18. The van der Waals surface area contributed by atoms with Crippen LogP contribution in [-0.2, 0) is 32.6 Å². The third-order valence-electron chi connectivity index (χ3n) is 5.49. The van der Waals surface area contributed by atoms with Crippen LogP contribution in [0.25, 0.3) is 0 Å². The molecule has 2 aromatic rings. The lowest BCUT2D eigenvalue weighted by molar-refractivity contribution is -0.121. The molecule has 0 spiro atoms. The quantitative estimate of drug-likeness (QED) is 0.602. The van der Waals surface area contributed by atoms with Gasteiger partial charge in [0.15, 0.2) is 0 Å². The van der Waals surface area contributed by atoms with Gasteiger partial charge in [0, 0.05) is 39.1 Å². The van der Waals surface area contributed by atoms with Crippen LogP contribution in [0, 0.1) is 13.8 Å². The van der Waals surface area contributed by atoms with E-state index in [0.29, 0.717) is 12.1 Å². The molecular formula is C24H33N3O4S. The standard InChI is InChI=1S/C24H33N3O4S/c1-18-7-8-19(2)23(13-18)32(29,30)26-10-9-24(28)25-15-21-5-4-6-22(14-21)17-27-11-12-31-20(3)16-27/h4-8,13-14,20,26H,9-12,15-17H2,1-3H3,(H,25,28). The van der Waals surface area contributed by atoms with E-state index in [4.69, 9.17) is 4.74 Å². The first-order valence-corrected chi connectivity index (χ1v) is 12.5. The van der Waals surface area contributed by atoms with Crippen molar-refractivity contribution in [1.82, 2.24) is 14.9 Å². The molecule has 1 heterocycles. The van der Waals surface area contributed by atoms with Gasteiger partial charge in [-0.25, -0.2) is 13.1 Å². The summed E-state index contributed by atoms with van der Waals surface area (Å²) in [6.45, 7) is 9.60. The minimum Gasteiger partial charge on any atom is -0.376 e. The molecule has 0 aromatic heterocycles. The van der Waals surface area contributed by atoms with Crippen LogP contribution < -0.4 is 10.0 Å². The molecule has 1 fully saturated rings. The third kappa shape index (κ3) is 7.13. The Balaban J connectivity index is 1.45. The van der Waals surface area contributed by atoms with Crippen LogP contribution in [0.4, 0.5) is 0 Å². The van der Waals surface area contributed by atoms with Gasteiger partial charge in [0.25, 0.3) is 0 Å². The van der Waals surface area contributed by atoms with Crippen molar-refractivity contribution in [3.05, 3.63) is 64.7 Å². The van der Waals surface area contributed by atoms with Gasteiger partial charge >= 0.3 is 0 Å². The Hall–Kier alpha value is -2.26. The van der Waals surface area contributed by atoms with E-state index in [2.05, 4.69) is 34.0 Å². The van der Waals surface area contributed by atoms with Crippen LogP contribution in [0.3, 0.4) is 0 Å². The molecule has 2 aromatic carbocycles. The first-order chi connectivity index (χ1) is 15.2. The van der Waals surface area contributed by atoms with Crippen molar-refractivity contribution in [1.29, 1.82) is 0 Å². The number of hydrogen-bond acceptors (Lipinski definition) is 5. The maximum atomic E-state index is 12.5. The van der Waals surface area contributed by atoms with Crippen molar-refractivity contribution in [2.45, 2.75) is 51.3 Å². The van der Waals surface area contributed by atoms with E-state index in [1.54, 1.807) is 19.1 Å². The lowest BCUT2D eigenvalue weighted by atomic mass is 10.1. The molecule has 0 bridgehead atoms. The van der Waals surface area contributed by atoms with Gasteiger partial charge in [-0.15, -0.1) is 0 Å². The van der Waals surface area contributed by atoms with Crippen molar-refractivity contribution in [3.8, 4) is 0 Å². The van der Waals surface area contributed by atoms with Crippen molar-refractivity contribution >= 4 is 15.9 Å². The first kappa shape index (κ1) is 24.4. The molecule has 0 saturated carbocycles. The summed E-state index contributed by atoms with van der Waals surface area (Å²) in [6.07, 6.45) is 0.327. The maximum absolute atomic E-state index is 12.5. The second-order valence-electron chi connectivity index (χ2n) is 8.43. The van der Waals surface area contributed by atoms with Crippen LogP contribution in [0.1, 0.15) is 35.6 Å².